The number of likely N-dealkylation sites (tertiary alicyclic amines) is 1. The quantitative estimate of drug-likeness (QED) is 0.669. The number of amides is 2. The Labute approximate surface area is 167 Å². The number of nitrogens with one attached hydrogen (secondary N) is 2. The van der Waals surface area contributed by atoms with E-state index >= 15 is 0 Å². The Balaban J connectivity index is 1.82. The summed E-state index contributed by atoms with van der Waals surface area (Å²) in [6.45, 7) is 10.7. The van der Waals surface area contributed by atoms with Crippen molar-refractivity contribution in [1.82, 2.24) is 14.9 Å². The zero-order chi connectivity index (χ0) is 21.1. The van der Waals surface area contributed by atoms with E-state index in [9.17, 15) is 18.0 Å². The number of benzene rings is 1. The minimum absolute atomic E-state index is 0.0189. The molecule has 1 saturated heterocycles. The van der Waals surface area contributed by atoms with Crippen LogP contribution in [0.4, 0.5) is 0 Å². The van der Waals surface area contributed by atoms with Gasteiger partial charge >= 0.3 is 0 Å². The molecule has 8 heteroatoms. The van der Waals surface area contributed by atoms with E-state index in [-0.39, 0.29) is 53.6 Å². The molecular formula is C20H31N3O4S. The molecule has 0 aromatic heterocycles. The lowest BCUT2D eigenvalue weighted by Crippen LogP contribution is -2.39. The molecule has 2 N–H and O–H groups in total. The molecule has 0 bridgehead atoms. The van der Waals surface area contributed by atoms with Crippen LogP contribution in [-0.2, 0) is 25.0 Å². The zero-order valence-electron chi connectivity index (χ0n) is 17.3. The van der Waals surface area contributed by atoms with Gasteiger partial charge in [-0.1, -0.05) is 32.9 Å². The Kier molecular flexibility index (Phi) is 6.88. The van der Waals surface area contributed by atoms with Crippen LogP contribution in [0.3, 0.4) is 0 Å². The van der Waals surface area contributed by atoms with Crippen LogP contribution in [0.25, 0.3) is 0 Å². The molecule has 7 nitrogen and oxygen atoms in total. The summed E-state index contributed by atoms with van der Waals surface area (Å²) in [5, 5.41) is 2.71. The standard InChI is InChI=1S/C20H31N3O4S/c1-14(2)23-13-15(12-18(23)24)19(25)21-10-11-22-28(26,27)17-8-6-16(7-9-17)20(3,4)5/h6-9,14-15,22H,10-13H2,1-5H3,(H,21,25). The van der Waals surface area contributed by atoms with Crippen molar-refractivity contribution in [2.75, 3.05) is 19.6 Å². The summed E-state index contributed by atoms with van der Waals surface area (Å²) in [5.74, 6) is -0.615. The van der Waals surface area contributed by atoms with Crippen LogP contribution in [0, 0.1) is 5.92 Å². The Morgan fingerprint density at radius 1 is 1.18 bits per heavy atom. The molecule has 156 valence electrons. The zero-order valence-corrected chi connectivity index (χ0v) is 18.1. The van der Waals surface area contributed by atoms with E-state index in [1.807, 2.05) is 26.0 Å². The van der Waals surface area contributed by atoms with Gasteiger partial charge in [0.05, 0.1) is 10.8 Å². The van der Waals surface area contributed by atoms with E-state index in [1.54, 1.807) is 17.0 Å². The lowest BCUT2D eigenvalue weighted by Gasteiger charge is -2.20. The average molecular weight is 410 g/mol. The third-order valence-electron chi connectivity index (χ3n) is 4.90. The first kappa shape index (κ1) is 22.4. The lowest BCUT2D eigenvalue weighted by atomic mass is 9.87. The Bertz CT molecular complexity index is 811. The number of carbonyl (C=O) groups is 2. The predicted octanol–water partition coefficient (Wildman–Crippen LogP) is 1.64. The van der Waals surface area contributed by atoms with Crippen molar-refractivity contribution in [1.29, 1.82) is 0 Å². The van der Waals surface area contributed by atoms with Gasteiger partial charge in [-0.15, -0.1) is 0 Å². The third-order valence-corrected chi connectivity index (χ3v) is 6.38. The topological polar surface area (TPSA) is 95.6 Å². The molecule has 0 aliphatic carbocycles. The monoisotopic (exact) mass is 409 g/mol. The van der Waals surface area contributed by atoms with Crippen molar-refractivity contribution in [2.24, 2.45) is 5.92 Å². The lowest BCUT2D eigenvalue weighted by molar-refractivity contribution is -0.129. The Morgan fingerprint density at radius 3 is 2.29 bits per heavy atom. The molecule has 1 atom stereocenters. The molecule has 2 rings (SSSR count). The van der Waals surface area contributed by atoms with Crippen LogP contribution in [0.15, 0.2) is 29.2 Å². The van der Waals surface area contributed by atoms with Gasteiger partial charge in [0.2, 0.25) is 21.8 Å². The van der Waals surface area contributed by atoms with Crippen LogP contribution in [-0.4, -0.2) is 50.8 Å². The molecule has 0 radical (unpaired) electrons. The molecule has 1 fully saturated rings. The second-order valence-electron chi connectivity index (χ2n) is 8.50. The normalized spacial score (nSPS) is 18.0. The van der Waals surface area contributed by atoms with E-state index in [4.69, 9.17) is 0 Å². The highest BCUT2D eigenvalue weighted by Gasteiger charge is 2.35. The van der Waals surface area contributed by atoms with Gasteiger partial charge in [-0.2, -0.15) is 0 Å². The maximum Gasteiger partial charge on any atom is 0.240 e. The minimum atomic E-state index is -3.63. The van der Waals surface area contributed by atoms with Crippen LogP contribution >= 0.6 is 0 Å². The second kappa shape index (κ2) is 8.61. The van der Waals surface area contributed by atoms with Crippen molar-refractivity contribution >= 4 is 21.8 Å². The summed E-state index contributed by atoms with van der Waals surface area (Å²) in [6, 6.07) is 6.88. The van der Waals surface area contributed by atoms with Crippen molar-refractivity contribution in [3.05, 3.63) is 29.8 Å². The van der Waals surface area contributed by atoms with E-state index in [0.29, 0.717) is 6.54 Å². The molecule has 1 aromatic carbocycles. The summed E-state index contributed by atoms with van der Waals surface area (Å²) in [7, 11) is -3.63. The predicted molar refractivity (Wildman–Crippen MR) is 108 cm³/mol. The minimum Gasteiger partial charge on any atom is -0.354 e. The number of carbonyl (C=O) groups excluding carboxylic acids is 2. The van der Waals surface area contributed by atoms with Crippen LogP contribution in [0.1, 0.15) is 46.6 Å². The van der Waals surface area contributed by atoms with Gasteiger partial charge in [0.1, 0.15) is 0 Å². The average Bonchev–Trinajstić information content (AvgIpc) is 3.00. The van der Waals surface area contributed by atoms with Gasteiger partial charge in [-0.05, 0) is 37.0 Å². The van der Waals surface area contributed by atoms with E-state index < -0.39 is 10.0 Å². The van der Waals surface area contributed by atoms with Crippen molar-refractivity contribution in [3.63, 3.8) is 0 Å². The molecule has 1 unspecified atom stereocenters. The maximum atomic E-state index is 12.4. The smallest absolute Gasteiger partial charge is 0.240 e. The SMILES string of the molecule is CC(C)N1CC(C(=O)NCCNS(=O)(=O)c2ccc(C(C)(C)C)cc2)CC1=O. The second-order valence-corrected chi connectivity index (χ2v) is 10.3. The summed E-state index contributed by atoms with van der Waals surface area (Å²) in [4.78, 5) is 26.0. The summed E-state index contributed by atoms with van der Waals surface area (Å²) >= 11 is 0. The summed E-state index contributed by atoms with van der Waals surface area (Å²) in [6.07, 6.45) is 0.204. The number of hydrogen-bond donors (Lipinski definition) is 2. The Morgan fingerprint density at radius 2 is 1.79 bits per heavy atom. The van der Waals surface area contributed by atoms with Crippen molar-refractivity contribution < 1.29 is 18.0 Å². The van der Waals surface area contributed by atoms with Gasteiger partial charge in [0, 0.05) is 32.1 Å². The number of nitrogens with zero attached hydrogens (tertiary/aromatic N) is 1. The largest absolute Gasteiger partial charge is 0.354 e. The fraction of sp³-hybridized carbons (Fsp3) is 0.600. The van der Waals surface area contributed by atoms with E-state index in [0.717, 1.165) is 5.56 Å². The summed E-state index contributed by atoms with van der Waals surface area (Å²) < 4.78 is 27.3. The van der Waals surface area contributed by atoms with Crippen molar-refractivity contribution in [2.45, 2.75) is 57.4 Å². The molecule has 1 aliphatic rings. The highest BCUT2D eigenvalue weighted by Crippen LogP contribution is 2.23. The van der Waals surface area contributed by atoms with Gasteiger partial charge in [0.15, 0.2) is 0 Å². The molecular weight excluding hydrogens is 378 g/mol. The first-order chi connectivity index (χ1) is 12.9. The number of sulfonamides is 1. The van der Waals surface area contributed by atoms with E-state index in [1.165, 1.54) is 0 Å². The summed E-state index contributed by atoms with van der Waals surface area (Å²) in [5.41, 5.74) is 1.01. The molecule has 1 heterocycles. The van der Waals surface area contributed by atoms with E-state index in [2.05, 4.69) is 30.8 Å². The fourth-order valence-corrected chi connectivity index (χ4v) is 4.17. The molecule has 1 aliphatic heterocycles. The molecule has 0 spiro atoms. The molecule has 0 saturated carbocycles. The number of rotatable bonds is 7. The maximum absolute atomic E-state index is 12.4. The fourth-order valence-electron chi connectivity index (χ4n) is 3.14. The van der Waals surface area contributed by atoms with Crippen molar-refractivity contribution in [3.8, 4) is 0 Å². The highest BCUT2D eigenvalue weighted by molar-refractivity contribution is 7.89. The van der Waals surface area contributed by atoms with Gasteiger partial charge in [0.25, 0.3) is 0 Å². The highest BCUT2D eigenvalue weighted by atomic mass is 32.2. The van der Waals surface area contributed by atoms with Crippen LogP contribution in [0.5, 0.6) is 0 Å². The van der Waals surface area contributed by atoms with Crippen LogP contribution in [0.2, 0.25) is 0 Å². The number of hydrogen-bond acceptors (Lipinski definition) is 4. The Hall–Kier alpha value is -1.93. The first-order valence-electron chi connectivity index (χ1n) is 9.59. The van der Waals surface area contributed by atoms with Gasteiger partial charge < -0.3 is 10.2 Å². The van der Waals surface area contributed by atoms with Crippen LogP contribution < -0.4 is 10.0 Å². The van der Waals surface area contributed by atoms with Gasteiger partial charge in [-0.3, -0.25) is 9.59 Å². The molecule has 28 heavy (non-hydrogen) atoms. The third kappa shape index (κ3) is 5.54. The molecule has 1 aromatic rings. The molecule has 2 amide bonds. The first-order valence-corrected chi connectivity index (χ1v) is 11.1. The van der Waals surface area contributed by atoms with Gasteiger partial charge in [-0.25, -0.2) is 13.1 Å².